The maximum Gasteiger partial charge on any atom is 0.183 e. The molecule has 0 amide bonds. The van der Waals surface area contributed by atoms with Crippen molar-refractivity contribution in [2.75, 3.05) is 18.5 Å². The summed E-state index contributed by atoms with van der Waals surface area (Å²) in [4.78, 5) is 4.95. The highest BCUT2D eigenvalue weighted by Crippen LogP contribution is 2.28. The van der Waals surface area contributed by atoms with Gasteiger partial charge in [-0.2, -0.15) is 0 Å². The summed E-state index contributed by atoms with van der Waals surface area (Å²) in [7, 11) is 0. The lowest BCUT2D eigenvalue weighted by molar-refractivity contribution is 0.0682. The van der Waals surface area contributed by atoms with Crippen LogP contribution in [-0.2, 0) is 11.3 Å². The minimum absolute atomic E-state index is 0.123. The maximum atomic E-state index is 13.5. The molecule has 1 N–H and O–H groups in total. The minimum Gasteiger partial charge on any atom is -0.489 e. The largest absolute Gasteiger partial charge is 0.489 e. The van der Waals surface area contributed by atoms with Crippen LogP contribution in [0.2, 0.25) is 4.47 Å². The second-order valence-corrected chi connectivity index (χ2v) is 6.72. The van der Waals surface area contributed by atoms with E-state index in [-0.39, 0.29) is 11.9 Å². The summed E-state index contributed by atoms with van der Waals surface area (Å²) in [6, 6.07) is 4.44. The first-order chi connectivity index (χ1) is 10.7. The number of nitrogens with zero attached hydrogens (tertiary/aromatic N) is 1. The monoisotopic (exact) mass is 342 g/mol. The van der Waals surface area contributed by atoms with Crippen LogP contribution in [0.5, 0.6) is 5.75 Å². The lowest BCUT2D eigenvalue weighted by Crippen LogP contribution is -2.17. The number of thiazole rings is 1. The van der Waals surface area contributed by atoms with E-state index in [2.05, 4.69) is 10.3 Å². The molecule has 0 bridgehead atoms. The molecule has 4 nitrogen and oxygen atoms in total. The van der Waals surface area contributed by atoms with Crippen molar-refractivity contribution < 1.29 is 13.9 Å². The van der Waals surface area contributed by atoms with E-state index in [1.54, 1.807) is 12.3 Å². The van der Waals surface area contributed by atoms with Crippen LogP contribution in [0.1, 0.15) is 17.7 Å². The molecule has 0 saturated carbocycles. The SMILES string of the molecule is Fc1ccc(OCC2CCCO2)c(NCc2cnc(Cl)s2)c1. The van der Waals surface area contributed by atoms with Crippen molar-refractivity contribution in [1.29, 1.82) is 0 Å². The van der Waals surface area contributed by atoms with E-state index >= 15 is 0 Å². The highest BCUT2D eigenvalue weighted by atomic mass is 35.5. The topological polar surface area (TPSA) is 43.4 Å². The Hall–Kier alpha value is -1.37. The molecule has 1 saturated heterocycles. The Labute approximate surface area is 137 Å². The summed E-state index contributed by atoms with van der Waals surface area (Å²) in [6.45, 7) is 1.78. The van der Waals surface area contributed by atoms with Gasteiger partial charge in [-0.25, -0.2) is 9.37 Å². The predicted molar refractivity (Wildman–Crippen MR) is 85.3 cm³/mol. The van der Waals surface area contributed by atoms with Gasteiger partial charge in [-0.3, -0.25) is 0 Å². The molecule has 7 heteroatoms. The fraction of sp³-hybridized carbons (Fsp3) is 0.400. The van der Waals surface area contributed by atoms with Crippen molar-refractivity contribution in [3.63, 3.8) is 0 Å². The van der Waals surface area contributed by atoms with Gasteiger partial charge in [-0.05, 0) is 25.0 Å². The van der Waals surface area contributed by atoms with Crippen molar-refractivity contribution >= 4 is 28.6 Å². The number of hydrogen-bond donors (Lipinski definition) is 1. The summed E-state index contributed by atoms with van der Waals surface area (Å²) in [5.74, 6) is 0.307. The highest BCUT2D eigenvalue weighted by Gasteiger charge is 2.17. The molecule has 1 aromatic heterocycles. The Balaban J connectivity index is 1.64. The van der Waals surface area contributed by atoms with Crippen LogP contribution in [0, 0.1) is 5.82 Å². The second kappa shape index (κ2) is 7.26. The van der Waals surface area contributed by atoms with Gasteiger partial charge in [0.25, 0.3) is 0 Å². The third kappa shape index (κ3) is 4.09. The van der Waals surface area contributed by atoms with Crippen molar-refractivity contribution in [2.24, 2.45) is 0 Å². The first kappa shape index (κ1) is 15.5. The number of aromatic nitrogens is 1. The maximum absolute atomic E-state index is 13.5. The Kier molecular flexibility index (Phi) is 5.12. The van der Waals surface area contributed by atoms with Gasteiger partial charge in [0.05, 0.1) is 18.3 Å². The molecule has 1 fully saturated rings. The molecule has 1 aromatic carbocycles. The van der Waals surface area contributed by atoms with E-state index in [1.165, 1.54) is 23.5 Å². The van der Waals surface area contributed by atoms with Gasteiger partial charge in [0.2, 0.25) is 0 Å². The number of benzene rings is 1. The fourth-order valence-electron chi connectivity index (χ4n) is 2.27. The summed E-state index contributed by atoms with van der Waals surface area (Å²) in [5.41, 5.74) is 0.613. The van der Waals surface area contributed by atoms with Crippen LogP contribution in [0.15, 0.2) is 24.4 Å². The van der Waals surface area contributed by atoms with E-state index in [9.17, 15) is 4.39 Å². The van der Waals surface area contributed by atoms with E-state index in [4.69, 9.17) is 21.1 Å². The van der Waals surface area contributed by atoms with Crippen LogP contribution >= 0.6 is 22.9 Å². The van der Waals surface area contributed by atoms with Crippen LogP contribution in [0.25, 0.3) is 0 Å². The van der Waals surface area contributed by atoms with Gasteiger partial charge in [0, 0.05) is 23.7 Å². The van der Waals surface area contributed by atoms with Crippen LogP contribution in [0.3, 0.4) is 0 Å². The molecule has 118 valence electrons. The molecule has 0 radical (unpaired) electrons. The van der Waals surface area contributed by atoms with E-state index < -0.39 is 0 Å². The van der Waals surface area contributed by atoms with Gasteiger partial charge < -0.3 is 14.8 Å². The molecule has 0 spiro atoms. The normalized spacial score (nSPS) is 17.6. The van der Waals surface area contributed by atoms with Crippen molar-refractivity contribution in [1.82, 2.24) is 4.98 Å². The molecule has 0 aliphatic carbocycles. The number of nitrogens with one attached hydrogen (secondary N) is 1. The van der Waals surface area contributed by atoms with Gasteiger partial charge >= 0.3 is 0 Å². The number of ether oxygens (including phenoxy) is 2. The molecule has 1 unspecified atom stereocenters. The standard InChI is InChI=1S/C15H16ClFN2O2S/c16-15-19-8-12(22-15)7-18-13-6-10(17)3-4-14(13)21-9-11-2-1-5-20-11/h3-4,6,8,11,18H,1-2,5,7,9H2. The quantitative estimate of drug-likeness (QED) is 0.858. The Bertz CT molecular complexity index is 632. The molecule has 3 rings (SSSR count). The number of rotatable bonds is 6. The second-order valence-electron chi connectivity index (χ2n) is 5.02. The number of hydrogen-bond acceptors (Lipinski definition) is 5. The molecule has 1 atom stereocenters. The van der Waals surface area contributed by atoms with Crippen LogP contribution in [0.4, 0.5) is 10.1 Å². The Morgan fingerprint density at radius 1 is 1.50 bits per heavy atom. The average molecular weight is 343 g/mol. The van der Waals surface area contributed by atoms with Gasteiger partial charge in [-0.15, -0.1) is 11.3 Å². The molecule has 2 aromatic rings. The Morgan fingerprint density at radius 3 is 3.14 bits per heavy atom. The average Bonchev–Trinajstić information content (AvgIpc) is 3.15. The number of anilines is 1. The van der Waals surface area contributed by atoms with Gasteiger partial charge in [0.1, 0.15) is 18.2 Å². The first-order valence-corrected chi connectivity index (χ1v) is 8.28. The fourth-order valence-corrected chi connectivity index (χ4v) is 3.19. The summed E-state index contributed by atoms with van der Waals surface area (Å²) < 4.78 is 25.3. The van der Waals surface area contributed by atoms with Crippen molar-refractivity contribution in [3.8, 4) is 5.75 Å². The van der Waals surface area contributed by atoms with E-state index in [0.717, 1.165) is 24.3 Å². The molecule has 22 heavy (non-hydrogen) atoms. The zero-order valence-electron chi connectivity index (χ0n) is 11.9. The highest BCUT2D eigenvalue weighted by molar-refractivity contribution is 7.15. The van der Waals surface area contributed by atoms with E-state index in [1.807, 2.05) is 0 Å². The summed E-state index contributed by atoms with van der Waals surface area (Å²) in [5, 5.41) is 3.17. The molecule has 1 aliphatic rings. The molecular weight excluding hydrogens is 327 g/mol. The summed E-state index contributed by atoms with van der Waals surface area (Å²) in [6.07, 6.45) is 3.89. The zero-order chi connectivity index (χ0) is 15.4. The lowest BCUT2D eigenvalue weighted by atomic mass is 10.2. The minimum atomic E-state index is -0.311. The summed E-state index contributed by atoms with van der Waals surface area (Å²) >= 11 is 7.19. The lowest BCUT2D eigenvalue weighted by Gasteiger charge is -2.15. The Morgan fingerprint density at radius 2 is 2.41 bits per heavy atom. The number of halogens is 2. The van der Waals surface area contributed by atoms with Crippen LogP contribution < -0.4 is 10.1 Å². The van der Waals surface area contributed by atoms with Crippen molar-refractivity contribution in [3.05, 3.63) is 39.6 Å². The first-order valence-electron chi connectivity index (χ1n) is 7.09. The molecule has 2 heterocycles. The third-order valence-electron chi connectivity index (χ3n) is 3.37. The smallest absolute Gasteiger partial charge is 0.183 e. The van der Waals surface area contributed by atoms with Gasteiger partial charge in [0.15, 0.2) is 4.47 Å². The van der Waals surface area contributed by atoms with Crippen LogP contribution in [-0.4, -0.2) is 24.3 Å². The van der Waals surface area contributed by atoms with Crippen molar-refractivity contribution in [2.45, 2.75) is 25.5 Å². The third-order valence-corrected chi connectivity index (χ3v) is 4.48. The predicted octanol–water partition coefficient (Wildman–Crippen LogP) is 4.11. The van der Waals surface area contributed by atoms with Gasteiger partial charge in [-0.1, -0.05) is 11.6 Å². The molecular formula is C15H16ClFN2O2S. The van der Waals surface area contributed by atoms with E-state index in [0.29, 0.717) is 29.1 Å². The molecule has 1 aliphatic heterocycles. The zero-order valence-corrected chi connectivity index (χ0v) is 13.4.